The molecule has 1 aromatic carbocycles. The number of carbonyl (C=O) groups excluding carboxylic acids is 2. The summed E-state index contributed by atoms with van der Waals surface area (Å²) >= 11 is 0. The Morgan fingerprint density at radius 3 is 2.79 bits per heavy atom. The van der Waals surface area contributed by atoms with E-state index in [0.717, 1.165) is 11.1 Å². The fraction of sp³-hybridized carbons (Fsp3) is 0.250. The third kappa shape index (κ3) is 2.77. The van der Waals surface area contributed by atoms with Gasteiger partial charge in [0.05, 0.1) is 5.69 Å². The van der Waals surface area contributed by atoms with Crippen LogP contribution in [-0.2, 0) is 11.2 Å². The monoisotopic (exact) mass is 379 g/mol. The summed E-state index contributed by atoms with van der Waals surface area (Å²) in [6.45, 7) is 1.79. The Bertz CT molecular complexity index is 1110. The molecule has 8 heteroatoms. The highest BCUT2D eigenvalue weighted by molar-refractivity contribution is 6.13. The Balaban J connectivity index is 1.71. The van der Waals surface area contributed by atoms with E-state index in [1.807, 2.05) is 6.07 Å². The maximum atomic E-state index is 14.0. The second-order valence-electron chi connectivity index (χ2n) is 6.97. The van der Waals surface area contributed by atoms with Gasteiger partial charge in [-0.3, -0.25) is 9.59 Å². The van der Waals surface area contributed by atoms with Crippen LogP contribution in [0.1, 0.15) is 21.6 Å². The highest BCUT2D eigenvalue weighted by atomic mass is 19.1. The average molecular weight is 379 g/mol. The molecule has 28 heavy (non-hydrogen) atoms. The van der Waals surface area contributed by atoms with Crippen LogP contribution in [-0.4, -0.2) is 50.7 Å². The van der Waals surface area contributed by atoms with E-state index >= 15 is 0 Å². The third-order valence-electron chi connectivity index (χ3n) is 4.99. The van der Waals surface area contributed by atoms with Gasteiger partial charge in [-0.1, -0.05) is 17.3 Å². The summed E-state index contributed by atoms with van der Waals surface area (Å²) in [5.41, 5.74) is 3.58. The van der Waals surface area contributed by atoms with E-state index in [9.17, 15) is 14.0 Å². The number of carbonyl (C=O) groups is 2. The lowest BCUT2D eigenvalue weighted by atomic mass is 10.0. The Kier molecular flexibility index (Phi) is 4.26. The molecule has 0 N–H and O–H groups in total. The highest BCUT2D eigenvalue weighted by Crippen LogP contribution is 2.32. The summed E-state index contributed by atoms with van der Waals surface area (Å²) in [6.07, 6.45) is 1.73. The van der Waals surface area contributed by atoms with E-state index in [4.69, 9.17) is 0 Å². The van der Waals surface area contributed by atoms with E-state index in [-0.39, 0.29) is 17.4 Å². The molecule has 2 heterocycles. The van der Waals surface area contributed by atoms with Crippen molar-refractivity contribution in [3.8, 4) is 16.9 Å². The molecule has 2 aromatic heterocycles. The summed E-state index contributed by atoms with van der Waals surface area (Å²) in [7, 11) is 3.28. The number of rotatable bonds is 3. The van der Waals surface area contributed by atoms with Gasteiger partial charge in [-0.2, -0.15) is 4.39 Å². The lowest BCUT2D eigenvalue weighted by molar-refractivity contribution is -0.131. The van der Waals surface area contributed by atoms with Crippen molar-refractivity contribution in [2.24, 2.45) is 5.92 Å². The molecule has 7 nitrogen and oxygen atoms in total. The first-order valence-electron chi connectivity index (χ1n) is 8.80. The minimum Gasteiger partial charge on any atom is -0.348 e. The second kappa shape index (κ2) is 6.63. The smallest absolute Gasteiger partial charge is 0.238 e. The first-order valence-corrected chi connectivity index (χ1v) is 8.80. The van der Waals surface area contributed by atoms with Gasteiger partial charge in [0, 0.05) is 31.4 Å². The maximum absolute atomic E-state index is 14.0. The molecule has 0 radical (unpaired) electrons. The zero-order chi connectivity index (χ0) is 20.0. The van der Waals surface area contributed by atoms with Gasteiger partial charge in [-0.15, -0.1) is 5.10 Å². The van der Waals surface area contributed by atoms with Gasteiger partial charge in [0.2, 0.25) is 11.9 Å². The fourth-order valence-electron chi connectivity index (χ4n) is 3.52. The molecule has 0 saturated heterocycles. The Labute approximate surface area is 160 Å². The fourth-order valence-corrected chi connectivity index (χ4v) is 3.52. The standard InChI is InChI=1S/C20H18FN5O2/c1-11-17(23-24-26(11)16-5-4-8-22-19(16)21)12-6-7-14-13(9-12)10-15(18(14)27)20(28)25(2)3/h4-9,15H,10H2,1-3H3. The van der Waals surface area contributed by atoms with Crippen LogP contribution in [0.2, 0.25) is 0 Å². The zero-order valence-corrected chi connectivity index (χ0v) is 15.7. The largest absolute Gasteiger partial charge is 0.348 e. The molecule has 0 bridgehead atoms. The Morgan fingerprint density at radius 1 is 1.29 bits per heavy atom. The van der Waals surface area contributed by atoms with Crippen molar-refractivity contribution in [2.45, 2.75) is 13.3 Å². The van der Waals surface area contributed by atoms with E-state index < -0.39 is 11.9 Å². The van der Waals surface area contributed by atoms with Gasteiger partial charge in [-0.25, -0.2) is 9.67 Å². The molecule has 3 aromatic rings. The quantitative estimate of drug-likeness (QED) is 0.515. The predicted molar refractivity (Wildman–Crippen MR) is 99.5 cm³/mol. The van der Waals surface area contributed by atoms with Crippen LogP contribution in [0.5, 0.6) is 0 Å². The summed E-state index contributed by atoms with van der Waals surface area (Å²) in [4.78, 5) is 29.9. The second-order valence-corrected chi connectivity index (χ2v) is 6.97. The van der Waals surface area contributed by atoms with Gasteiger partial charge < -0.3 is 4.90 Å². The summed E-state index contributed by atoms with van der Waals surface area (Å²) in [6, 6.07) is 8.56. The van der Waals surface area contributed by atoms with Gasteiger partial charge >= 0.3 is 0 Å². The highest BCUT2D eigenvalue weighted by Gasteiger charge is 2.36. The van der Waals surface area contributed by atoms with Gasteiger partial charge in [-0.05, 0) is 37.1 Å². The summed E-state index contributed by atoms with van der Waals surface area (Å²) in [5, 5.41) is 8.25. The van der Waals surface area contributed by atoms with E-state index in [2.05, 4.69) is 15.3 Å². The molecule has 1 amide bonds. The maximum Gasteiger partial charge on any atom is 0.238 e. The Morgan fingerprint density at radius 2 is 2.07 bits per heavy atom. The number of aromatic nitrogens is 4. The first kappa shape index (κ1) is 18.0. The van der Waals surface area contributed by atoms with Crippen LogP contribution in [0.15, 0.2) is 36.5 Å². The number of hydrogen-bond acceptors (Lipinski definition) is 5. The van der Waals surface area contributed by atoms with Crippen molar-refractivity contribution in [3.05, 3.63) is 59.3 Å². The van der Waals surface area contributed by atoms with E-state index in [1.165, 1.54) is 15.8 Å². The number of nitrogens with zero attached hydrogens (tertiary/aromatic N) is 5. The number of fused-ring (bicyclic) bond motifs is 1. The van der Waals surface area contributed by atoms with E-state index in [0.29, 0.717) is 23.4 Å². The number of ketones is 1. The molecule has 1 unspecified atom stereocenters. The van der Waals surface area contributed by atoms with Gasteiger partial charge in [0.1, 0.15) is 17.3 Å². The minimum atomic E-state index is -0.679. The molecule has 0 spiro atoms. The van der Waals surface area contributed by atoms with E-state index in [1.54, 1.807) is 45.3 Å². The Hall–Kier alpha value is -3.42. The molecule has 1 atom stereocenters. The lowest BCUT2D eigenvalue weighted by Crippen LogP contribution is -2.32. The molecule has 1 aliphatic rings. The SMILES string of the molecule is Cc1c(-c2ccc3c(c2)CC(C(=O)N(C)C)C3=O)nnn1-c1cccnc1F. The predicted octanol–water partition coefficient (Wildman–Crippen LogP) is 2.22. The molecule has 0 saturated carbocycles. The van der Waals surface area contributed by atoms with Crippen LogP contribution >= 0.6 is 0 Å². The van der Waals surface area contributed by atoms with Crippen molar-refractivity contribution in [1.29, 1.82) is 0 Å². The van der Waals surface area contributed by atoms with Crippen LogP contribution in [0.4, 0.5) is 4.39 Å². The first-order chi connectivity index (χ1) is 13.4. The third-order valence-corrected chi connectivity index (χ3v) is 4.99. The summed E-state index contributed by atoms with van der Waals surface area (Å²) < 4.78 is 15.4. The molecule has 0 fully saturated rings. The molecule has 142 valence electrons. The molecular weight excluding hydrogens is 361 g/mol. The van der Waals surface area contributed by atoms with Crippen LogP contribution < -0.4 is 0 Å². The molecule has 4 rings (SSSR count). The normalized spacial score (nSPS) is 15.6. The van der Waals surface area contributed by atoms with Crippen molar-refractivity contribution in [2.75, 3.05) is 14.1 Å². The number of amides is 1. The van der Waals surface area contributed by atoms with Crippen molar-refractivity contribution < 1.29 is 14.0 Å². The number of halogens is 1. The molecule has 0 aliphatic heterocycles. The summed E-state index contributed by atoms with van der Waals surface area (Å²) in [5.74, 6) is -1.66. The van der Waals surface area contributed by atoms with Crippen LogP contribution in [0, 0.1) is 18.8 Å². The van der Waals surface area contributed by atoms with Crippen molar-refractivity contribution >= 4 is 11.7 Å². The minimum absolute atomic E-state index is 0.155. The van der Waals surface area contributed by atoms with Crippen molar-refractivity contribution in [1.82, 2.24) is 24.9 Å². The number of benzene rings is 1. The average Bonchev–Trinajstić information content (AvgIpc) is 3.21. The molecular formula is C20H18FN5O2. The zero-order valence-electron chi connectivity index (χ0n) is 15.7. The van der Waals surface area contributed by atoms with Gasteiger partial charge in [0.25, 0.3) is 0 Å². The number of Topliss-reactive ketones (excluding diaryl/α,β-unsaturated/α-hetero) is 1. The lowest BCUT2D eigenvalue weighted by Gasteiger charge is -2.14. The topological polar surface area (TPSA) is 81.0 Å². The van der Waals surface area contributed by atoms with Gasteiger partial charge in [0.15, 0.2) is 5.78 Å². The van der Waals surface area contributed by atoms with Crippen molar-refractivity contribution in [3.63, 3.8) is 0 Å². The number of hydrogen-bond donors (Lipinski definition) is 0. The molecule has 1 aliphatic carbocycles. The van der Waals surface area contributed by atoms with Crippen LogP contribution in [0.25, 0.3) is 16.9 Å². The number of pyridine rings is 1. The van der Waals surface area contributed by atoms with Crippen LogP contribution in [0.3, 0.4) is 0 Å².